The molecule has 0 saturated heterocycles. The van der Waals surface area contributed by atoms with Crippen molar-refractivity contribution in [1.82, 2.24) is 0 Å². The van der Waals surface area contributed by atoms with Crippen LogP contribution in [-0.2, 0) is 0 Å². The summed E-state index contributed by atoms with van der Waals surface area (Å²) in [5, 5.41) is 0. The van der Waals surface area contributed by atoms with E-state index >= 15 is 0 Å². The molecule has 0 aromatic heterocycles. The molecule has 0 spiro atoms. The number of hydrogen-bond donors (Lipinski definition) is 0. The minimum absolute atomic E-state index is 0.618. The third kappa shape index (κ3) is 26.1. The third-order valence-corrected chi connectivity index (χ3v) is 9.61. The fourth-order valence-electron chi connectivity index (χ4n) is 6.46. The van der Waals surface area contributed by atoms with Gasteiger partial charge >= 0.3 is 0 Å². The summed E-state index contributed by atoms with van der Waals surface area (Å²) in [6.45, 7) is 38.2. The zero-order chi connectivity index (χ0) is 32.2. The van der Waals surface area contributed by atoms with E-state index in [0.717, 1.165) is 47.3 Å². The van der Waals surface area contributed by atoms with Gasteiger partial charge in [0.15, 0.2) is 0 Å². The molecule has 0 heterocycles. The first kappa shape index (κ1) is 43.1. The summed E-state index contributed by atoms with van der Waals surface area (Å²) in [6.07, 6.45) is 21.5. The van der Waals surface area contributed by atoms with Crippen molar-refractivity contribution in [3.05, 3.63) is 0 Å². The van der Waals surface area contributed by atoms with Crippen LogP contribution in [0.3, 0.4) is 0 Å². The molecule has 0 N–H and O–H groups in total. The normalized spacial score (nSPS) is 13.2. The highest BCUT2D eigenvalue weighted by Gasteiger charge is 2.31. The summed E-state index contributed by atoms with van der Waals surface area (Å²) in [5.41, 5.74) is 1.25. The zero-order valence-corrected chi connectivity index (χ0v) is 32.2. The van der Waals surface area contributed by atoms with Crippen molar-refractivity contribution >= 4 is 0 Å². The Morgan fingerprint density at radius 3 is 0.561 bits per heavy atom. The van der Waals surface area contributed by atoms with Crippen LogP contribution >= 0.6 is 0 Å². The molecule has 0 aromatic carbocycles. The SMILES string of the molecule is CC(C)CCC(CCC(C)C)(CCC(C)C)CC(C)C.CC(C)CCC(CCC(C)C)(CCC(C)C)CCC(C)C. The Labute approximate surface area is 264 Å². The van der Waals surface area contributed by atoms with Crippen LogP contribution in [0, 0.1) is 58.2 Å². The van der Waals surface area contributed by atoms with Gasteiger partial charge in [0.25, 0.3) is 0 Å². The van der Waals surface area contributed by atoms with Gasteiger partial charge in [-0.1, -0.05) is 156 Å². The molecule has 0 nitrogen and oxygen atoms in total. The van der Waals surface area contributed by atoms with Gasteiger partial charge in [0, 0.05) is 0 Å². The summed E-state index contributed by atoms with van der Waals surface area (Å²) >= 11 is 0. The first-order chi connectivity index (χ1) is 18.8. The number of hydrogen-bond acceptors (Lipinski definition) is 0. The van der Waals surface area contributed by atoms with E-state index in [4.69, 9.17) is 0 Å². The van der Waals surface area contributed by atoms with Crippen LogP contribution < -0.4 is 0 Å². The highest BCUT2D eigenvalue weighted by Crippen LogP contribution is 2.44. The van der Waals surface area contributed by atoms with Gasteiger partial charge in [-0.3, -0.25) is 0 Å². The van der Waals surface area contributed by atoms with E-state index in [-0.39, 0.29) is 0 Å². The molecule has 0 atom stereocenters. The van der Waals surface area contributed by atoms with Crippen LogP contribution in [-0.4, -0.2) is 0 Å². The maximum Gasteiger partial charge on any atom is -0.0295 e. The zero-order valence-electron chi connectivity index (χ0n) is 32.2. The molecule has 0 rings (SSSR count). The summed E-state index contributed by atoms with van der Waals surface area (Å²) < 4.78 is 0. The lowest BCUT2D eigenvalue weighted by Gasteiger charge is -2.38. The first-order valence-electron chi connectivity index (χ1n) is 18.8. The van der Waals surface area contributed by atoms with Gasteiger partial charge in [-0.15, -0.1) is 0 Å². The van der Waals surface area contributed by atoms with Gasteiger partial charge in [-0.2, -0.15) is 0 Å². The van der Waals surface area contributed by atoms with Crippen molar-refractivity contribution in [3.63, 3.8) is 0 Å². The van der Waals surface area contributed by atoms with Crippen molar-refractivity contribution in [2.45, 2.75) is 207 Å². The molecule has 0 aliphatic heterocycles. The molecule has 0 bridgehead atoms. The van der Waals surface area contributed by atoms with Crippen molar-refractivity contribution in [1.29, 1.82) is 0 Å². The Balaban J connectivity index is 0. The lowest BCUT2D eigenvalue weighted by molar-refractivity contribution is 0.140. The summed E-state index contributed by atoms with van der Waals surface area (Å²) in [5.74, 6) is 6.77. The Morgan fingerprint density at radius 2 is 0.415 bits per heavy atom. The summed E-state index contributed by atoms with van der Waals surface area (Å²) in [7, 11) is 0. The van der Waals surface area contributed by atoms with E-state index in [1.165, 1.54) is 96.3 Å². The van der Waals surface area contributed by atoms with E-state index in [2.05, 4.69) is 111 Å². The molecular formula is C41H86. The predicted molar refractivity (Wildman–Crippen MR) is 193 cm³/mol. The van der Waals surface area contributed by atoms with Gasteiger partial charge in [0.1, 0.15) is 0 Å². The average molecular weight is 579 g/mol. The minimum Gasteiger partial charge on any atom is -0.0628 e. The molecule has 250 valence electrons. The van der Waals surface area contributed by atoms with Gasteiger partial charge in [0.05, 0.1) is 0 Å². The Bertz CT molecular complexity index is 474. The largest absolute Gasteiger partial charge is 0.0628 e. The fourth-order valence-corrected chi connectivity index (χ4v) is 6.46. The van der Waals surface area contributed by atoms with Gasteiger partial charge < -0.3 is 0 Å². The van der Waals surface area contributed by atoms with Crippen molar-refractivity contribution < 1.29 is 0 Å². The second-order valence-electron chi connectivity index (χ2n) is 18.1. The third-order valence-electron chi connectivity index (χ3n) is 9.61. The van der Waals surface area contributed by atoms with Crippen molar-refractivity contribution in [2.24, 2.45) is 58.2 Å². The van der Waals surface area contributed by atoms with Crippen LogP contribution in [0.2, 0.25) is 0 Å². The minimum atomic E-state index is 0.618. The Kier molecular flexibility index (Phi) is 24.6. The van der Waals surface area contributed by atoms with E-state index in [9.17, 15) is 0 Å². The topological polar surface area (TPSA) is 0 Å². The molecule has 0 saturated carbocycles. The van der Waals surface area contributed by atoms with Gasteiger partial charge in [-0.25, -0.2) is 0 Å². The molecule has 0 fully saturated rings. The molecule has 0 aliphatic carbocycles. The average Bonchev–Trinajstić information content (AvgIpc) is 2.83. The molecule has 0 aliphatic rings. The maximum atomic E-state index is 2.41. The standard InChI is InChI=1S/C21H44.C20H42/c1-17(2)9-13-21(14-10-18(3)4,15-11-19(5)6)16-12-20(7)8;1-16(2)9-12-20(15-19(7)8,13-10-17(3)4)14-11-18(5)6/h17-20H,9-16H2,1-8H3;16-19H,9-15H2,1-8H3. The van der Waals surface area contributed by atoms with E-state index in [1.54, 1.807) is 0 Å². The molecule has 0 aromatic rings. The summed E-state index contributed by atoms with van der Waals surface area (Å²) in [6, 6.07) is 0. The van der Waals surface area contributed by atoms with E-state index in [0.29, 0.717) is 10.8 Å². The van der Waals surface area contributed by atoms with Crippen LogP contribution in [0.1, 0.15) is 207 Å². The number of rotatable bonds is 23. The first-order valence-corrected chi connectivity index (χ1v) is 18.8. The molecule has 0 radical (unpaired) electrons. The lowest BCUT2D eigenvalue weighted by atomic mass is 9.68. The van der Waals surface area contributed by atoms with Crippen molar-refractivity contribution in [2.75, 3.05) is 0 Å². The van der Waals surface area contributed by atoms with Gasteiger partial charge in [0.2, 0.25) is 0 Å². The highest BCUT2D eigenvalue weighted by molar-refractivity contribution is 4.83. The second kappa shape index (κ2) is 23.4. The molecule has 41 heavy (non-hydrogen) atoms. The predicted octanol–water partition coefficient (Wildman–Crippen LogP) is 15.0. The summed E-state index contributed by atoms with van der Waals surface area (Å²) in [4.78, 5) is 0. The molecule has 0 heteroatoms. The monoisotopic (exact) mass is 579 g/mol. The van der Waals surface area contributed by atoms with Gasteiger partial charge in [-0.05, 0) is 110 Å². The highest BCUT2D eigenvalue weighted by atomic mass is 14.4. The Hall–Kier alpha value is 0. The molecule has 0 unspecified atom stereocenters. The van der Waals surface area contributed by atoms with Crippen LogP contribution in [0.5, 0.6) is 0 Å². The fraction of sp³-hybridized carbons (Fsp3) is 1.00. The second-order valence-corrected chi connectivity index (χ2v) is 18.1. The van der Waals surface area contributed by atoms with Crippen LogP contribution in [0.15, 0.2) is 0 Å². The van der Waals surface area contributed by atoms with Crippen LogP contribution in [0.4, 0.5) is 0 Å². The smallest absolute Gasteiger partial charge is 0.0295 e. The van der Waals surface area contributed by atoms with Crippen LogP contribution in [0.25, 0.3) is 0 Å². The molecule has 0 amide bonds. The molecular weight excluding hydrogens is 492 g/mol. The maximum absolute atomic E-state index is 2.41. The quantitative estimate of drug-likeness (QED) is 0.113. The Morgan fingerprint density at radius 1 is 0.244 bits per heavy atom. The lowest BCUT2D eigenvalue weighted by Crippen LogP contribution is -2.25. The van der Waals surface area contributed by atoms with Crippen molar-refractivity contribution in [3.8, 4) is 0 Å². The van der Waals surface area contributed by atoms with E-state index in [1.807, 2.05) is 0 Å². The van der Waals surface area contributed by atoms with E-state index < -0.39 is 0 Å².